The zero-order valence-electron chi connectivity index (χ0n) is 17.4. The monoisotopic (exact) mass is 467 g/mol. The van der Waals surface area contributed by atoms with E-state index in [0.717, 1.165) is 0 Å². The average molecular weight is 468 g/mol. The first kappa shape index (κ1) is 23.5. The van der Waals surface area contributed by atoms with E-state index in [1.807, 2.05) is 5.32 Å². The minimum Gasteiger partial charge on any atom is -0.486 e. The van der Waals surface area contributed by atoms with Gasteiger partial charge in [0.05, 0.1) is 10.8 Å². The first-order chi connectivity index (χ1) is 15.3. The number of esters is 1. The van der Waals surface area contributed by atoms with Crippen molar-refractivity contribution in [2.75, 3.05) is 39.5 Å². The van der Waals surface area contributed by atoms with Gasteiger partial charge in [-0.1, -0.05) is 6.08 Å². The summed E-state index contributed by atoms with van der Waals surface area (Å²) in [5.74, 6) is -1.03. The molecular weight excluding hydrogens is 442 g/mol. The number of urea groups is 1. The summed E-state index contributed by atoms with van der Waals surface area (Å²) in [7, 11) is -3.76. The van der Waals surface area contributed by atoms with Crippen molar-refractivity contribution < 1.29 is 37.0 Å². The molecule has 0 aromatic heterocycles. The summed E-state index contributed by atoms with van der Waals surface area (Å²) < 4.78 is 43.1. The minimum absolute atomic E-state index is 0.0918. The third-order valence-electron chi connectivity index (χ3n) is 4.94. The van der Waals surface area contributed by atoms with Crippen LogP contribution in [0.5, 0.6) is 11.5 Å². The number of rotatable bonds is 7. The van der Waals surface area contributed by atoms with Crippen LogP contribution in [0.25, 0.3) is 0 Å². The zero-order valence-corrected chi connectivity index (χ0v) is 18.2. The number of fused-ring (bicyclic) bond motifs is 1. The highest BCUT2D eigenvalue weighted by atomic mass is 32.2. The lowest BCUT2D eigenvalue weighted by Crippen LogP contribution is -2.43. The second kappa shape index (κ2) is 10.5. The van der Waals surface area contributed by atoms with Gasteiger partial charge in [0, 0.05) is 25.7 Å². The van der Waals surface area contributed by atoms with Crippen LogP contribution in [0.1, 0.15) is 12.8 Å². The van der Waals surface area contributed by atoms with Gasteiger partial charge in [0.15, 0.2) is 18.1 Å². The van der Waals surface area contributed by atoms with Crippen molar-refractivity contribution in [2.24, 2.45) is 5.92 Å². The van der Waals surface area contributed by atoms with Crippen LogP contribution in [0.2, 0.25) is 0 Å². The van der Waals surface area contributed by atoms with Crippen molar-refractivity contribution in [1.29, 1.82) is 0 Å². The fourth-order valence-corrected chi connectivity index (χ4v) is 4.78. The van der Waals surface area contributed by atoms with Crippen LogP contribution in [0.3, 0.4) is 0 Å². The van der Waals surface area contributed by atoms with E-state index in [2.05, 4.69) is 11.9 Å². The van der Waals surface area contributed by atoms with E-state index in [9.17, 15) is 22.8 Å². The van der Waals surface area contributed by atoms with E-state index in [4.69, 9.17) is 14.2 Å². The molecule has 2 aliphatic heterocycles. The Bertz CT molecular complexity index is 987. The summed E-state index contributed by atoms with van der Waals surface area (Å²) in [4.78, 5) is 35.4. The summed E-state index contributed by atoms with van der Waals surface area (Å²) in [6.45, 7) is 4.04. The van der Waals surface area contributed by atoms with Gasteiger partial charge < -0.3 is 19.5 Å². The lowest BCUT2D eigenvalue weighted by molar-refractivity contribution is -0.153. The van der Waals surface area contributed by atoms with E-state index in [0.29, 0.717) is 24.7 Å². The molecule has 2 heterocycles. The number of benzene rings is 1. The highest BCUT2D eigenvalue weighted by molar-refractivity contribution is 7.89. The molecule has 1 fully saturated rings. The normalized spacial score (nSPS) is 16.6. The SMILES string of the molecule is C=CCNC(=O)NC(=O)COC(=O)C1CCN(S(=O)(=O)c2ccc3c(c2)OCCO3)CC1. The van der Waals surface area contributed by atoms with Crippen LogP contribution in [-0.4, -0.2) is 70.1 Å². The summed E-state index contributed by atoms with van der Waals surface area (Å²) in [5.41, 5.74) is 0. The Morgan fingerprint density at radius 2 is 1.84 bits per heavy atom. The third-order valence-corrected chi connectivity index (χ3v) is 6.84. The topological polar surface area (TPSA) is 140 Å². The molecule has 0 aliphatic carbocycles. The maximum atomic E-state index is 13.0. The molecule has 3 rings (SSSR count). The smallest absolute Gasteiger partial charge is 0.321 e. The molecule has 0 atom stereocenters. The molecule has 2 N–H and O–H groups in total. The Hall–Kier alpha value is -3.12. The lowest BCUT2D eigenvalue weighted by Gasteiger charge is -2.30. The third kappa shape index (κ3) is 5.77. The second-order valence-corrected chi connectivity index (χ2v) is 9.08. The number of imide groups is 1. The number of piperidine rings is 1. The van der Waals surface area contributed by atoms with Gasteiger partial charge in [-0.3, -0.25) is 14.9 Å². The zero-order chi connectivity index (χ0) is 23.1. The molecule has 0 saturated carbocycles. The standard InChI is InChI=1S/C20H25N3O8S/c1-2-7-21-20(26)22-18(24)13-31-19(25)14-5-8-23(9-6-14)32(27,28)15-3-4-16-17(12-15)30-11-10-29-16/h2-4,12,14H,1,5-11,13H2,(H2,21,22,24,26). The number of nitrogens with one attached hydrogen (secondary N) is 2. The van der Waals surface area contributed by atoms with Gasteiger partial charge in [-0.2, -0.15) is 4.31 Å². The number of ether oxygens (including phenoxy) is 3. The summed E-state index contributed by atoms with van der Waals surface area (Å²) in [6, 6.07) is 3.75. The molecule has 32 heavy (non-hydrogen) atoms. The largest absolute Gasteiger partial charge is 0.486 e. The van der Waals surface area contributed by atoms with Crippen molar-refractivity contribution in [3.63, 3.8) is 0 Å². The minimum atomic E-state index is -3.76. The molecule has 0 radical (unpaired) electrons. The van der Waals surface area contributed by atoms with Gasteiger partial charge >= 0.3 is 12.0 Å². The van der Waals surface area contributed by atoms with Gasteiger partial charge in [0.25, 0.3) is 5.91 Å². The molecule has 2 aliphatic rings. The molecule has 0 spiro atoms. The first-order valence-corrected chi connectivity index (χ1v) is 11.5. The highest BCUT2D eigenvalue weighted by Gasteiger charge is 2.33. The number of carbonyl (C=O) groups is 3. The Morgan fingerprint density at radius 1 is 1.16 bits per heavy atom. The van der Waals surface area contributed by atoms with Crippen LogP contribution < -0.4 is 20.1 Å². The second-order valence-electron chi connectivity index (χ2n) is 7.14. The predicted octanol–water partition coefficient (Wildman–Crippen LogP) is 0.414. The van der Waals surface area contributed by atoms with Crippen molar-refractivity contribution in [3.8, 4) is 11.5 Å². The maximum absolute atomic E-state index is 13.0. The summed E-state index contributed by atoms with van der Waals surface area (Å²) in [5, 5.41) is 4.38. The highest BCUT2D eigenvalue weighted by Crippen LogP contribution is 2.34. The van der Waals surface area contributed by atoms with Gasteiger partial charge in [-0.15, -0.1) is 6.58 Å². The molecule has 3 amide bonds. The number of nitrogens with zero attached hydrogens (tertiary/aromatic N) is 1. The van der Waals surface area contributed by atoms with E-state index >= 15 is 0 Å². The van der Waals surface area contributed by atoms with Crippen molar-refractivity contribution >= 4 is 27.9 Å². The van der Waals surface area contributed by atoms with Crippen LogP contribution in [0, 0.1) is 5.92 Å². The van der Waals surface area contributed by atoms with Gasteiger partial charge in [0.2, 0.25) is 10.0 Å². The van der Waals surface area contributed by atoms with Gasteiger partial charge in [0.1, 0.15) is 13.2 Å². The summed E-state index contributed by atoms with van der Waals surface area (Å²) in [6.07, 6.45) is 1.96. The van der Waals surface area contributed by atoms with Crippen LogP contribution in [0.15, 0.2) is 35.7 Å². The fraction of sp³-hybridized carbons (Fsp3) is 0.450. The van der Waals surface area contributed by atoms with Crippen LogP contribution in [-0.2, 0) is 24.3 Å². The van der Waals surface area contributed by atoms with E-state index < -0.39 is 40.5 Å². The van der Waals surface area contributed by atoms with Gasteiger partial charge in [-0.05, 0) is 25.0 Å². The summed E-state index contributed by atoms with van der Waals surface area (Å²) >= 11 is 0. The molecular formula is C20H25N3O8S. The van der Waals surface area contributed by atoms with E-state index in [1.54, 1.807) is 6.07 Å². The number of sulfonamides is 1. The van der Waals surface area contributed by atoms with Gasteiger partial charge in [-0.25, -0.2) is 13.2 Å². The van der Waals surface area contributed by atoms with Crippen molar-refractivity contribution in [2.45, 2.75) is 17.7 Å². The molecule has 1 aromatic rings. The van der Waals surface area contributed by atoms with Crippen LogP contribution >= 0.6 is 0 Å². The van der Waals surface area contributed by atoms with Crippen molar-refractivity contribution in [3.05, 3.63) is 30.9 Å². The number of hydrogen-bond acceptors (Lipinski definition) is 8. The average Bonchev–Trinajstić information content (AvgIpc) is 2.81. The molecule has 0 bridgehead atoms. The molecule has 1 aromatic carbocycles. The Morgan fingerprint density at radius 3 is 2.53 bits per heavy atom. The Balaban J connectivity index is 1.49. The molecule has 0 unspecified atom stereocenters. The van der Waals surface area contributed by atoms with E-state index in [-0.39, 0.29) is 37.4 Å². The lowest BCUT2D eigenvalue weighted by atomic mass is 9.98. The van der Waals surface area contributed by atoms with Crippen molar-refractivity contribution in [1.82, 2.24) is 14.9 Å². The molecule has 12 heteroatoms. The van der Waals surface area contributed by atoms with Crippen LogP contribution in [0.4, 0.5) is 4.79 Å². The Kier molecular flexibility index (Phi) is 7.70. The fourth-order valence-electron chi connectivity index (χ4n) is 3.29. The quantitative estimate of drug-likeness (QED) is 0.434. The first-order valence-electron chi connectivity index (χ1n) is 10.1. The number of amides is 3. The molecule has 11 nitrogen and oxygen atoms in total. The predicted molar refractivity (Wildman–Crippen MR) is 112 cm³/mol. The Labute approximate surface area is 185 Å². The number of carbonyl (C=O) groups excluding carboxylic acids is 3. The molecule has 1 saturated heterocycles. The molecule has 174 valence electrons. The maximum Gasteiger partial charge on any atom is 0.321 e. The number of hydrogen-bond donors (Lipinski definition) is 2. The van der Waals surface area contributed by atoms with E-state index in [1.165, 1.54) is 22.5 Å².